The van der Waals surface area contributed by atoms with E-state index >= 15 is 0 Å². The van der Waals surface area contributed by atoms with Crippen molar-refractivity contribution in [2.24, 2.45) is 23.8 Å². The lowest BCUT2D eigenvalue weighted by atomic mass is 9.33. The van der Waals surface area contributed by atoms with Gasteiger partial charge >= 0.3 is 6.18 Å². The normalized spacial score (nSPS) is 26.2. The minimum Gasteiger partial charge on any atom is -0.473 e. The Hall–Kier alpha value is -4.06. The van der Waals surface area contributed by atoms with E-state index in [1.807, 2.05) is 36.4 Å². The predicted molar refractivity (Wildman–Crippen MR) is 148 cm³/mol. The number of amides is 1. The first-order valence-electron chi connectivity index (χ1n) is 14.1. The first-order chi connectivity index (χ1) is 20.4. The summed E-state index contributed by atoms with van der Waals surface area (Å²) in [6.45, 7) is 0.670. The number of halogens is 3. The van der Waals surface area contributed by atoms with Crippen LogP contribution in [0.4, 0.5) is 18.9 Å². The number of pyridine rings is 1. The lowest BCUT2D eigenvalue weighted by molar-refractivity contribution is -0.346. The van der Waals surface area contributed by atoms with Crippen LogP contribution >= 0.6 is 0 Å². The van der Waals surface area contributed by atoms with Gasteiger partial charge in [-0.2, -0.15) is 18.3 Å². The van der Waals surface area contributed by atoms with Crippen LogP contribution in [-0.4, -0.2) is 46.3 Å². The maximum atomic E-state index is 13.7. The fourth-order valence-corrected chi connectivity index (χ4v) is 6.67. The Labute approximate surface area is 245 Å². The topological polar surface area (TPSA) is 104 Å². The second-order valence-corrected chi connectivity index (χ2v) is 11.9. The van der Waals surface area contributed by atoms with Crippen LogP contribution in [0.1, 0.15) is 59.7 Å². The van der Waals surface area contributed by atoms with Crippen LogP contribution in [0.5, 0.6) is 5.88 Å². The van der Waals surface area contributed by atoms with Crippen LogP contribution in [0.25, 0.3) is 0 Å². The number of aromatic nitrogens is 3. The number of alkyl halides is 3. The Bertz CT molecular complexity index is 1590. The molecule has 12 heteroatoms. The first-order valence-corrected chi connectivity index (χ1v) is 14.1. The maximum absolute atomic E-state index is 13.7. The van der Waals surface area contributed by atoms with Gasteiger partial charge in [0.1, 0.15) is 12.3 Å². The summed E-state index contributed by atoms with van der Waals surface area (Å²) in [6, 6.07) is 13.3. The molecule has 0 spiro atoms. The molecular formula is C31H31F3N4O5. The molecule has 1 amide bonds. The van der Waals surface area contributed by atoms with E-state index in [4.69, 9.17) is 9.47 Å². The summed E-state index contributed by atoms with van der Waals surface area (Å²) in [4.78, 5) is 45.9. The zero-order chi connectivity index (χ0) is 30.6. The molecule has 9 nitrogen and oxygen atoms in total. The lowest BCUT2D eigenvalue weighted by Gasteiger charge is -2.69. The molecule has 0 unspecified atom stereocenters. The van der Waals surface area contributed by atoms with Crippen LogP contribution in [0.3, 0.4) is 0 Å². The van der Waals surface area contributed by atoms with Gasteiger partial charge in [0.25, 0.3) is 5.56 Å². The monoisotopic (exact) mass is 596 g/mol. The number of benzene rings is 1. The molecular weight excluding hydrogens is 565 g/mol. The molecule has 1 aromatic carbocycles. The molecule has 1 saturated heterocycles. The van der Waals surface area contributed by atoms with Crippen molar-refractivity contribution in [3.63, 3.8) is 0 Å². The van der Waals surface area contributed by atoms with Crippen molar-refractivity contribution in [1.29, 1.82) is 0 Å². The number of carbonyl (C=O) groups is 2. The van der Waals surface area contributed by atoms with E-state index in [-0.39, 0.29) is 36.4 Å². The molecule has 0 N–H and O–H groups in total. The van der Waals surface area contributed by atoms with Gasteiger partial charge in [-0.25, -0.2) is 9.67 Å². The van der Waals surface area contributed by atoms with Crippen molar-refractivity contribution in [3.8, 4) is 5.88 Å². The van der Waals surface area contributed by atoms with Crippen LogP contribution < -0.4 is 15.2 Å². The number of aryl methyl sites for hydroxylation is 1. The van der Waals surface area contributed by atoms with Crippen molar-refractivity contribution in [3.05, 3.63) is 81.9 Å². The Kier molecular flexibility index (Phi) is 7.15. The molecule has 43 heavy (non-hydrogen) atoms. The van der Waals surface area contributed by atoms with Gasteiger partial charge in [0.15, 0.2) is 5.78 Å². The molecule has 0 radical (unpaired) electrons. The van der Waals surface area contributed by atoms with Gasteiger partial charge in [0, 0.05) is 44.3 Å². The van der Waals surface area contributed by atoms with Gasteiger partial charge in [-0.15, -0.1) is 0 Å². The van der Waals surface area contributed by atoms with Crippen LogP contribution in [0, 0.1) is 16.7 Å². The van der Waals surface area contributed by atoms with Crippen molar-refractivity contribution in [2.45, 2.75) is 51.0 Å². The van der Waals surface area contributed by atoms with Gasteiger partial charge < -0.3 is 14.4 Å². The highest BCUT2D eigenvalue weighted by Gasteiger charge is 2.80. The molecule has 3 aliphatic carbocycles. The summed E-state index contributed by atoms with van der Waals surface area (Å²) in [5.41, 5.74) is -2.16. The van der Waals surface area contributed by atoms with Gasteiger partial charge in [-0.3, -0.25) is 14.4 Å². The number of anilines is 1. The zero-order valence-electron chi connectivity index (χ0n) is 23.8. The standard InChI is InChI=1S/C31H31F3N4O5/c1-37(25-22(14-36-38(2)28(25)41)26(39)29-16-30(17-29,18-29)31(32,33)34)27(40)20-10-11-42-23(12-20)21-8-9-24(35-13-21)43-15-19-6-4-3-5-7-19/h3-9,13-14,20,23H,10-12,15-18H2,1-2H3/t20-,23+,29?,30?/m0/s1. The third kappa shape index (κ3) is 5.01. The van der Waals surface area contributed by atoms with Gasteiger partial charge in [-0.05, 0) is 49.3 Å². The van der Waals surface area contributed by atoms with Crippen LogP contribution in [0.15, 0.2) is 59.7 Å². The number of nitrogens with zero attached hydrogens (tertiary/aromatic N) is 4. The van der Waals surface area contributed by atoms with E-state index in [1.54, 1.807) is 12.3 Å². The van der Waals surface area contributed by atoms with Crippen LogP contribution in [0.2, 0.25) is 0 Å². The predicted octanol–water partition coefficient (Wildman–Crippen LogP) is 4.80. The maximum Gasteiger partial charge on any atom is 0.394 e. The molecule has 1 aliphatic heterocycles. The zero-order valence-corrected chi connectivity index (χ0v) is 23.8. The van der Waals surface area contributed by atoms with Gasteiger partial charge in [0.05, 0.1) is 23.3 Å². The fraction of sp³-hybridized carbons (Fsp3) is 0.452. The smallest absolute Gasteiger partial charge is 0.394 e. The number of ketones is 1. The first kappa shape index (κ1) is 29.0. The minimum atomic E-state index is -4.37. The quantitative estimate of drug-likeness (QED) is 0.344. The highest BCUT2D eigenvalue weighted by Crippen LogP contribution is 2.79. The summed E-state index contributed by atoms with van der Waals surface area (Å²) >= 11 is 0. The summed E-state index contributed by atoms with van der Waals surface area (Å²) < 4.78 is 53.0. The summed E-state index contributed by atoms with van der Waals surface area (Å²) in [5, 5.41) is 3.94. The third-order valence-corrected chi connectivity index (χ3v) is 9.13. The van der Waals surface area contributed by atoms with Crippen LogP contribution in [-0.2, 0) is 23.2 Å². The minimum absolute atomic E-state index is 0.117. The summed E-state index contributed by atoms with van der Waals surface area (Å²) in [7, 11) is 2.81. The number of rotatable bonds is 8. The lowest BCUT2D eigenvalue weighted by Crippen LogP contribution is -2.71. The third-order valence-electron chi connectivity index (χ3n) is 9.13. The van der Waals surface area contributed by atoms with Gasteiger partial charge in [0.2, 0.25) is 11.8 Å². The Morgan fingerprint density at radius 3 is 2.49 bits per heavy atom. The molecule has 3 aromatic rings. The summed E-state index contributed by atoms with van der Waals surface area (Å²) in [5.74, 6) is -1.02. The molecule has 3 saturated carbocycles. The fourth-order valence-electron chi connectivity index (χ4n) is 6.67. The van der Waals surface area contributed by atoms with E-state index in [1.165, 1.54) is 20.3 Å². The number of carbonyl (C=O) groups excluding carboxylic acids is 2. The molecule has 3 heterocycles. The second kappa shape index (κ2) is 10.6. The van der Waals surface area contributed by atoms with Crippen molar-refractivity contribution in [2.75, 3.05) is 18.6 Å². The molecule has 4 aliphatic rings. The average Bonchev–Trinajstić information content (AvgIpc) is 2.95. The number of hydrogen-bond donors (Lipinski definition) is 0. The van der Waals surface area contributed by atoms with Crippen molar-refractivity contribution in [1.82, 2.24) is 14.8 Å². The Morgan fingerprint density at radius 2 is 1.84 bits per heavy atom. The average molecular weight is 597 g/mol. The van der Waals surface area contributed by atoms with E-state index in [9.17, 15) is 27.6 Å². The SMILES string of the molecule is CN(C(=O)[C@H]1CCO[C@@H](c2ccc(OCc3ccccc3)nc2)C1)c1c(C(=O)C23CC(C(F)(F)F)(C2)C3)cnn(C)c1=O. The molecule has 226 valence electrons. The molecule has 7 rings (SSSR count). The van der Waals surface area contributed by atoms with E-state index in [0.29, 0.717) is 31.9 Å². The molecule has 2 atom stereocenters. The summed E-state index contributed by atoms with van der Waals surface area (Å²) in [6.07, 6.45) is -2.16. The molecule has 4 fully saturated rings. The highest BCUT2D eigenvalue weighted by molar-refractivity contribution is 6.09. The Balaban J connectivity index is 1.15. The molecule has 2 bridgehead atoms. The Morgan fingerprint density at radius 1 is 1.12 bits per heavy atom. The molecule has 2 aromatic heterocycles. The largest absolute Gasteiger partial charge is 0.473 e. The number of hydrogen-bond acceptors (Lipinski definition) is 7. The second-order valence-electron chi connectivity index (χ2n) is 11.9. The van der Waals surface area contributed by atoms with E-state index < -0.39 is 40.4 Å². The van der Waals surface area contributed by atoms with Gasteiger partial charge in [-0.1, -0.05) is 30.3 Å². The number of Topliss-reactive ketones (excluding diaryl/α,β-unsaturated/α-hetero) is 1. The van der Waals surface area contributed by atoms with Crippen molar-refractivity contribution >= 4 is 17.4 Å². The highest BCUT2D eigenvalue weighted by atomic mass is 19.4. The van der Waals surface area contributed by atoms with Crippen molar-refractivity contribution < 1.29 is 32.2 Å². The van der Waals surface area contributed by atoms with E-state index in [2.05, 4.69) is 10.1 Å². The number of ether oxygens (including phenoxy) is 2. The van der Waals surface area contributed by atoms with E-state index in [0.717, 1.165) is 20.7 Å².